The molecular weight excluding hydrogens is 194 g/mol. The molecule has 3 nitrogen and oxygen atoms in total. The molecule has 3 N–H and O–H groups in total. The van der Waals surface area contributed by atoms with Crippen LogP contribution in [0.3, 0.4) is 0 Å². The summed E-state index contributed by atoms with van der Waals surface area (Å²) < 4.78 is 0. The van der Waals surface area contributed by atoms with Crippen molar-refractivity contribution < 1.29 is 0 Å². The molecule has 1 fully saturated rings. The molecule has 1 aliphatic heterocycles. The number of nitrogens with one attached hydrogen (secondary N) is 1. The van der Waals surface area contributed by atoms with E-state index < -0.39 is 0 Å². The Labute approximate surface area is 88.7 Å². The molecule has 1 aliphatic rings. The molecule has 0 bridgehead atoms. The topological polar surface area (TPSA) is 50.9 Å². The van der Waals surface area contributed by atoms with Crippen molar-refractivity contribution in [1.82, 2.24) is 10.3 Å². The summed E-state index contributed by atoms with van der Waals surface area (Å²) in [6, 6.07) is 0.499. The van der Waals surface area contributed by atoms with E-state index in [2.05, 4.69) is 17.2 Å². The lowest BCUT2D eigenvalue weighted by Gasteiger charge is -2.05. The standard InChI is InChI=1S/C10H17N3S/c1-7(5-11)9-6-13-10(14-9)8-3-2-4-12-8/h6-8,12H,2-5,11H2,1H3. The van der Waals surface area contributed by atoms with E-state index in [0.29, 0.717) is 18.5 Å². The molecule has 2 atom stereocenters. The van der Waals surface area contributed by atoms with Gasteiger partial charge in [-0.15, -0.1) is 11.3 Å². The maximum Gasteiger partial charge on any atom is 0.110 e. The van der Waals surface area contributed by atoms with Crippen LogP contribution in [0.4, 0.5) is 0 Å². The summed E-state index contributed by atoms with van der Waals surface area (Å²) in [5, 5.41) is 4.69. The second-order valence-corrected chi connectivity index (χ2v) is 4.98. The van der Waals surface area contributed by atoms with Gasteiger partial charge < -0.3 is 11.1 Å². The highest BCUT2D eigenvalue weighted by atomic mass is 32.1. The zero-order chi connectivity index (χ0) is 9.97. The predicted octanol–water partition coefficient (Wildman–Crippen LogP) is 1.63. The van der Waals surface area contributed by atoms with Crippen molar-refractivity contribution in [2.75, 3.05) is 13.1 Å². The first-order chi connectivity index (χ1) is 6.81. The lowest BCUT2D eigenvalue weighted by atomic mass is 10.2. The summed E-state index contributed by atoms with van der Waals surface area (Å²) in [5.74, 6) is 0.447. The Bertz CT molecular complexity index is 291. The first-order valence-electron chi connectivity index (χ1n) is 5.20. The Morgan fingerprint density at radius 2 is 2.64 bits per heavy atom. The molecule has 0 aromatic carbocycles. The molecule has 0 spiro atoms. The molecule has 4 heteroatoms. The monoisotopic (exact) mass is 211 g/mol. The summed E-state index contributed by atoms with van der Waals surface area (Å²) in [7, 11) is 0. The number of aromatic nitrogens is 1. The predicted molar refractivity (Wildman–Crippen MR) is 59.6 cm³/mol. The second-order valence-electron chi connectivity index (χ2n) is 3.89. The Morgan fingerprint density at radius 3 is 3.29 bits per heavy atom. The smallest absolute Gasteiger partial charge is 0.110 e. The van der Waals surface area contributed by atoms with Crippen LogP contribution in [0.15, 0.2) is 6.20 Å². The quantitative estimate of drug-likeness (QED) is 0.799. The van der Waals surface area contributed by atoms with Crippen molar-refractivity contribution in [3.8, 4) is 0 Å². The summed E-state index contributed by atoms with van der Waals surface area (Å²) in [6.45, 7) is 3.99. The van der Waals surface area contributed by atoms with Crippen LogP contribution in [-0.4, -0.2) is 18.1 Å². The average Bonchev–Trinajstić information content (AvgIpc) is 2.86. The molecule has 1 aromatic heterocycles. The molecule has 1 saturated heterocycles. The van der Waals surface area contributed by atoms with Gasteiger partial charge >= 0.3 is 0 Å². The van der Waals surface area contributed by atoms with Gasteiger partial charge in [0.15, 0.2) is 0 Å². The molecule has 14 heavy (non-hydrogen) atoms. The Hall–Kier alpha value is -0.450. The van der Waals surface area contributed by atoms with Gasteiger partial charge in [-0.1, -0.05) is 6.92 Å². The largest absolute Gasteiger partial charge is 0.330 e. The minimum atomic E-state index is 0.447. The van der Waals surface area contributed by atoms with Gasteiger partial charge in [-0.25, -0.2) is 4.98 Å². The van der Waals surface area contributed by atoms with E-state index in [-0.39, 0.29) is 0 Å². The molecule has 0 amide bonds. The average molecular weight is 211 g/mol. The Morgan fingerprint density at radius 1 is 1.79 bits per heavy atom. The van der Waals surface area contributed by atoms with Gasteiger partial charge in [0, 0.05) is 17.0 Å². The van der Waals surface area contributed by atoms with E-state index in [1.807, 2.05) is 17.5 Å². The van der Waals surface area contributed by atoms with Crippen molar-refractivity contribution >= 4 is 11.3 Å². The first kappa shape index (κ1) is 10.1. The number of nitrogens with two attached hydrogens (primary N) is 1. The highest BCUT2D eigenvalue weighted by Gasteiger charge is 2.20. The van der Waals surface area contributed by atoms with Crippen LogP contribution in [0.1, 0.15) is 41.6 Å². The van der Waals surface area contributed by atoms with Crippen LogP contribution in [0, 0.1) is 0 Å². The van der Waals surface area contributed by atoms with Gasteiger partial charge in [0.1, 0.15) is 5.01 Å². The zero-order valence-corrected chi connectivity index (χ0v) is 9.31. The van der Waals surface area contributed by atoms with Gasteiger partial charge in [0.25, 0.3) is 0 Å². The van der Waals surface area contributed by atoms with Gasteiger partial charge in [-0.05, 0) is 25.9 Å². The van der Waals surface area contributed by atoms with Crippen LogP contribution in [0.5, 0.6) is 0 Å². The first-order valence-corrected chi connectivity index (χ1v) is 6.02. The molecule has 78 valence electrons. The fraction of sp³-hybridized carbons (Fsp3) is 0.700. The van der Waals surface area contributed by atoms with E-state index in [1.54, 1.807) is 0 Å². The van der Waals surface area contributed by atoms with Crippen molar-refractivity contribution in [2.24, 2.45) is 5.73 Å². The van der Waals surface area contributed by atoms with E-state index in [4.69, 9.17) is 5.73 Å². The molecule has 2 unspecified atom stereocenters. The fourth-order valence-electron chi connectivity index (χ4n) is 1.70. The van der Waals surface area contributed by atoms with Crippen LogP contribution in [0.2, 0.25) is 0 Å². The molecule has 0 radical (unpaired) electrons. The molecule has 1 aromatic rings. The van der Waals surface area contributed by atoms with Crippen LogP contribution in [-0.2, 0) is 0 Å². The SMILES string of the molecule is CC(CN)c1cnc(C2CCCN2)s1. The molecular formula is C10H17N3S. The van der Waals surface area contributed by atoms with Gasteiger partial charge in [0.2, 0.25) is 0 Å². The number of rotatable bonds is 3. The number of hydrogen-bond donors (Lipinski definition) is 2. The van der Waals surface area contributed by atoms with Crippen LogP contribution in [0.25, 0.3) is 0 Å². The minimum Gasteiger partial charge on any atom is -0.330 e. The van der Waals surface area contributed by atoms with Gasteiger partial charge in [-0.3, -0.25) is 0 Å². The lowest BCUT2D eigenvalue weighted by molar-refractivity contribution is 0.643. The highest BCUT2D eigenvalue weighted by Crippen LogP contribution is 2.29. The van der Waals surface area contributed by atoms with Gasteiger partial charge in [0.05, 0.1) is 6.04 Å². The van der Waals surface area contributed by atoms with Crippen molar-refractivity contribution in [3.63, 3.8) is 0 Å². The van der Waals surface area contributed by atoms with E-state index >= 15 is 0 Å². The molecule has 0 aliphatic carbocycles. The molecule has 2 heterocycles. The minimum absolute atomic E-state index is 0.447. The van der Waals surface area contributed by atoms with Crippen molar-refractivity contribution in [1.29, 1.82) is 0 Å². The summed E-state index contributed by atoms with van der Waals surface area (Å²) in [6.07, 6.45) is 4.48. The second kappa shape index (κ2) is 4.38. The van der Waals surface area contributed by atoms with Crippen LogP contribution < -0.4 is 11.1 Å². The third-order valence-electron chi connectivity index (χ3n) is 2.74. The van der Waals surface area contributed by atoms with E-state index in [0.717, 1.165) is 6.54 Å². The summed E-state index contributed by atoms with van der Waals surface area (Å²) in [5.41, 5.74) is 5.63. The van der Waals surface area contributed by atoms with Crippen LogP contribution >= 0.6 is 11.3 Å². The zero-order valence-electron chi connectivity index (χ0n) is 8.49. The lowest BCUT2D eigenvalue weighted by Crippen LogP contribution is -2.12. The van der Waals surface area contributed by atoms with Crippen molar-refractivity contribution in [2.45, 2.75) is 31.7 Å². The summed E-state index contributed by atoms with van der Waals surface area (Å²) >= 11 is 1.81. The number of thiazole rings is 1. The van der Waals surface area contributed by atoms with Crippen molar-refractivity contribution in [3.05, 3.63) is 16.1 Å². The Kier molecular flexibility index (Phi) is 3.15. The van der Waals surface area contributed by atoms with E-state index in [1.165, 1.54) is 22.7 Å². The number of hydrogen-bond acceptors (Lipinski definition) is 4. The normalized spacial score (nSPS) is 24.0. The molecule has 2 rings (SSSR count). The molecule has 0 saturated carbocycles. The maximum absolute atomic E-state index is 5.63. The summed E-state index contributed by atoms with van der Waals surface area (Å²) in [4.78, 5) is 5.78. The number of nitrogens with zero attached hydrogens (tertiary/aromatic N) is 1. The maximum atomic E-state index is 5.63. The Balaban J connectivity index is 2.08. The highest BCUT2D eigenvalue weighted by molar-refractivity contribution is 7.11. The fourth-order valence-corrected chi connectivity index (χ4v) is 2.79. The third kappa shape index (κ3) is 1.97. The van der Waals surface area contributed by atoms with Gasteiger partial charge in [-0.2, -0.15) is 0 Å². The third-order valence-corrected chi connectivity index (χ3v) is 4.08. The van der Waals surface area contributed by atoms with E-state index in [9.17, 15) is 0 Å².